The van der Waals surface area contributed by atoms with Gasteiger partial charge in [0.25, 0.3) is 0 Å². The summed E-state index contributed by atoms with van der Waals surface area (Å²) in [5.41, 5.74) is 0.571. The van der Waals surface area contributed by atoms with Gasteiger partial charge in [-0.25, -0.2) is 0 Å². The fraction of sp³-hybridized carbons (Fsp3) is 0.429. The molecule has 2 nitrogen and oxygen atoms in total. The minimum atomic E-state index is -0.140. The molecule has 0 bridgehead atoms. The number of hydrogen-bond acceptors (Lipinski definition) is 2. The summed E-state index contributed by atoms with van der Waals surface area (Å²) in [7, 11) is 0. The van der Waals surface area contributed by atoms with Crippen LogP contribution in [0.1, 0.15) is 40.5 Å². The topological polar surface area (TPSA) is 40.9 Å². The Balaban J connectivity index is 0. The van der Waals surface area contributed by atoms with E-state index in [1.54, 1.807) is 24.3 Å². The van der Waals surface area contributed by atoms with E-state index in [4.69, 9.17) is 5.26 Å². The molecule has 0 fully saturated rings. The lowest BCUT2D eigenvalue weighted by Crippen LogP contribution is -1.98. The molecule has 0 aliphatic carbocycles. The molecule has 0 spiro atoms. The molecule has 0 unspecified atom stereocenters. The number of Topliss-reactive ketones (excluding diaryl/α,β-unsaturated/α-hetero) is 1. The van der Waals surface area contributed by atoms with Crippen LogP contribution in [0, 0.1) is 11.3 Å². The first-order valence-electron chi connectivity index (χ1n) is 5.53. The van der Waals surface area contributed by atoms with Crippen LogP contribution < -0.4 is 0 Å². The van der Waals surface area contributed by atoms with Crippen molar-refractivity contribution in [2.45, 2.75) is 40.5 Å². The number of rotatable bonds is 4. The van der Waals surface area contributed by atoms with Crippen LogP contribution in [0.3, 0.4) is 0 Å². The number of carbonyl (C=O) groups excluding carboxylic acids is 1. The van der Waals surface area contributed by atoms with Crippen LogP contribution >= 0.6 is 0 Å². The summed E-state index contributed by atoms with van der Waals surface area (Å²) < 4.78 is 0. The van der Waals surface area contributed by atoms with Crippen LogP contribution in [-0.2, 0) is 4.79 Å². The second-order valence-electron chi connectivity index (χ2n) is 3.11. The summed E-state index contributed by atoms with van der Waals surface area (Å²) in [5.74, 6) is -0.140. The zero-order chi connectivity index (χ0) is 12.8. The van der Waals surface area contributed by atoms with Gasteiger partial charge in [0.05, 0.1) is 12.5 Å². The van der Waals surface area contributed by atoms with Crippen molar-refractivity contribution in [1.82, 2.24) is 0 Å². The van der Waals surface area contributed by atoms with Gasteiger partial charge in [-0.15, -0.1) is 0 Å². The molecule has 0 atom stereocenters. The Labute approximate surface area is 99.0 Å². The summed E-state index contributed by atoms with van der Waals surface area (Å²) in [6.45, 7) is 7.96. The average molecular weight is 219 g/mol. The summed E-state index contributed by atoms with van der Waals surface area (Å²) in [4.78, 5) is 11.3. The third kappa shape index (κ3) is 10.5. The van der Waals surface area contributed by atoms with Crippen molar-refractivity contribution in [3.8, 4) is 6.07 Å². The van der Waals surface area contributed by atoms with Crippen LogP contribution in [0.2, 0.25) is 0 Å². The summed E-state index contributed by atoms with van der Waals surface area (Å²) in [6.07, 6.45) is 10.0. The lowest BCUT2D eigenvalue weighted by Gasteiger charge is -1.94. The van der Waals surface area contributed by atoms with E-state index in [-0.39, 0.29) is 12.2 Å². The van der Waals surface area contributed by atoms with Crippen LogP contribution in [-0.4, -0.2) is 5.78 Å². The first kappa shape index (κ1) is 16.8. The third-order valence-electron chi connectivity index (χ3n) is 1.38. The molecule has 2 heteroatoms. The molecular formula is C14H21NO. The standard InChI is InChI=1S/C11H13NO.C3H8/c1-3-5-7-10(6-4-2)11(13)8-9-12;1-3-2/h3-7H,8H2,1-2H3;3H2,1-2H3/b5-3-,6-4-,10-7+;. The molecule has 0 aromatic heterocycles. The summed E-state index contributed by atoms with van der Waals surface area (Å²) in [6, 6.07) is 1.83. The van der Waals surface area contributed by atoms with Gasteiger partial charge in [0.1, 0.15) is 0 Å². The van der Waals surface area contributed by atoms with Gasteiger partial charge in [-0.05, 0) is 13.8 Å². The lowest BCUT2D eigenvalue weighted by atomic mass is 10.1. The second-order valence-corrected chi connectivity index (χ2v) is 3.11. The molecular weight excluding hydrogens is 198 g/mol. The maximum atomic E-state index is 11.3. The van der Waals surface area contributed by atoms with E-state index < -0.39 is 0 Å². The van der Waals surface area contributed by atoms with Gasteiger partial charge in [-0.2, -0.15) is 5.26 Å². The van der Waals surface area contributed by atoms with Crippen LogP contribution in [0.25, 0.3) is 0 Å². The predicted molar refractivity (Wildman–Crippen MR) is 68.9 cm³/mol. The second kappa shape index (κ2) is 13.4. The Kier molecular flexibility index (Phi) is 14.0. The number of nitriles is 1. The minimum absolute atomic E-state index is 0.0618. The number of nitrogens with zero attached hydrogens (tertiary/aromatic N) is 1. The number of ketones is 1. The molecule has 0 saturated heterocycles. The van der Waals surface area contributed by atoms with Crippen molar-refractivity contribution in [1.29, 1.82) is 5.26 Å². The highest BCUT2D eigenvalue weighted by atomic mass is 16.1. The van der Waals surface area contributed by atoms with Gasteiger partial charge in [0, 0.05) is 5.57 Å². The van der Waals surface area contributed by atoms with Crippen LogP contribution in [0.5, 0.6) is 0 Å². The Bertz CT molecular complexity index is 303. The maximum absolute atomic E-state index is 11.3. The van der Waals surface area contributed by atoms with E-state index in [9.17, 15) is 4.79 Å². The van der Waals surface area contributed by atoms with Crippen molar-refractivity contribution >= 4 is 5.78 Å². The van der Waals surface area contributed by atoms with Crippen molar-refractivity contribution in [3.05, 3.63) is 36.0 Å². The highest BCUT2D eigenvalue weighted by molar-refractivity contribution is 5.99. The Hall–Kier alpha value is -1.62. The fourth-order valence-corrected chi connectivity index (χ4v) is 0.795. The van der Waals surface area contributed by atoms with E-state index in [0.717, 1.165) is 0 Å². The summed E-state index contributed by atoms with van der Waals surface area (Å²) >= 11 is 0. The van der Waals surface area contributed by atoms with Crippen LogP contribution in [0.15, 0.2) is 36.0 Å². The largest absolute Gasteiger partial charge is 0.293 e. The van der Waals surface area contributed by atoms with Gasteiger partial charge >= 0.3 is 0 Å². The molecule has 0 radical (unpaired) electrons. The monoisotopic (exact) mass is 219 g/mol. The first-order valence-corrected chi connectivity index (χ1v) is 5.53. The zero-order valence-corrected chi connectivity index (χ0v) is 10.7. The molecule has 0 aromatic rings. The molecule has 0 N–H and O–H groups in total. The van der Waals surface area contributed by atoms with Gasteiger partial charge < -0.3 is 0 Å². The van der Waals surface area contributed by atoms with Crippen molar-refractivity contribution in [2.75, 3.05) is 0 Å². The van der Waals surface area contributed by atoms with E-state index in [2.05, 4.69) is 13.8 Å². The number of hydrogen-bond donors (Lipinski definition) is 0. The van der Waals surface area contributed by atoms with Crippen molar-refractivity contribution in [2.24, 2.45) is 0 Å². The van der Waals surface area contributed by atoms with Crippen LogP contribution in [0.4, 0.5) is 0 Å². The summed E-state index contributed by atoms with van der Waals surface area (Å²) in [5, 5.41) is 8.34. The fourth-order valence-electron chi connectivity index (χ4n) is 0.795. The Morgan fingerprint density at radius 1 is 1.25 bits per heavy atom. The van der Waals surface area contributed by atoms with Gasteiger partial charge in [0.15, 0.2) is 5.78 Å². The normalized spacial score (nSPS) is 11.1. The Morgan fingerprint density at radius 2 is 1.81 bits per heavy atom. The number of allylic oxidation sites excluding steroid dienone is 6. The van der Waals surface area contributed by atoms with E-state index in [0.29, 0.717) is 5.57 Å². The molecule has 0 heterocycles. The lowest BCUT2D eigenvalue weighted by molar-refractivity contribution is -0.114. The smallest absolute Gasteiger partial charge is 0.176 e. The van der Waals surface area contributed by atoms with Gasteiger partial charge in [-0.3, -0.25) is 4.79 Å². The highest BCUT2D eigenvalue weighted by Crippen LogP contribution is 2.02. The average Bonchev–Trinajstić information content (AvgIpc) is 2.25. The predicted octanol–water partition coefficient (Wildman–Crippen LogP) is 3.96. The highest BCUT2D eigenvalue weighted by Gasteiger charge is 2.03. The van der Waals surface area contributed by atoms with E-state index in [1.165, 1.54) is 6.42 Å². The first-order chi connectivity index (χ1) is 7.67. The molecule has 0 aromatic carbocycles. The SMILES string of the molecule is CCC.C\C=C/C=C(\C=C/C)C(=O)CC#N. The molecule has 0 saturated carbocycles. The van der Waals surface area contributed by atoms with E-state index >= 15 is 0 Å². The van der Waals surface area contributed by atoms with Gasteiger partial charge in [0.2, 0.25) is 0 Å². The molecule has 16 heavy (non-hydrogen) atoms. The van der Waals surface area contributed by atoms with Crippen molar-refractivity contribution in [3.63, 3.8) is 0 Å². The minimum Gasteiger partial charge on any atom is -0.293 e. The van der Waals surface area contributed by atoms with E-state index in [1.807, 2.05) is 26.0 Å². The third-order valence-corrected chi connectivity index (χ3v) is 1.38. The molecule has 88 valence electrons. The maximum Gasteiger partial charge on any atom is 0.176 e. The molecule has 0 aliphatic rings. The Morgan fingerprint density at radius 3 is 2.19 bits per heavy atom. The molecule has 0 rings (SSSR count). The molecule has 0 amide bonds. The quantitative estimate of drug-likeness (QED) is 0.530. The van der Waals surface area contributed by atoms with Crippen molar-refractivity contribution < 1.29 is 4.79 Å². The molecule has 0 aliphatic heterocycles. The zero-order valence-electron chi connectivity index (χ0n) is 10.7. The van der Waals surface area contributed by atoms with Gasteiger partial charge in [-0.1, -0.05) is 50.6 Å². The number of carbonyl (C=O) groups is 1.